The number of nitrogens with one attached hydrogen (secondary N) is 1. The summed E-state index contributed by atoms with van der Waals surface area (Å²) in [4.78, 5) is 13.8. The number of benzene rings is 1. The second-order valence-corrected chi connectivity index (χ2v) is 5.36. The second-order valence-electron chi connectivity index (χ2n) is 5.36. The van der Waals surface area contributed by atoms with Crippen LogP contribution in [0.15, 0.2) is 24.3 Å². The number of alkyl halides is 2. The zero-order valence-corrected chi connectivity index (χ0v) is 13.1. The lowest BCUT2D eigenvalue weighted by molar-refractivity contribution is -0.126. The molecule has 0 bridgehead atoms. The topological polar surface area (TPSA) is 50.8 Å². The van der Waals surface area contributed by atoms with E-state index in [4.69, 9.17) is 4.74 Å². The van der Waals surface area contributed by atoms with E-state index in [1.165, 1.54) is 12.1 Å². The Kier molecular flexibility index (Phi) is 6.58. The number of hydrogen-bond donors (Lipinski definition) is 1. The second kappa shape index (κ2) is 8.67. The Morgan fingerprint density at radius 2 is 2.13 bits per heavy atom. The molecule has 0 aromatic heterocycles. The van der Waals surface area contributed by atoms with Crippen LogP contribution in [0.1, 0.15) is 19.8 Å². The maximum atomic E-state index is 12.2. The van der Waals surface area contributed by atoms with Crippen LogP contribution in [-0.2, 0) is 9.53 Å². The largest absolute Gasteiger partial charge is 0.435 e. The summed E-state index contributed by atoms with van der Waals surface area (Å²) in [5, 5.41) is 2.96. The summed E-state index contributed by atoms with van der Waals surface area (Å²) in [6, 6.07) is 6.62. The molecule has 0 radical (unpaired) electrons. The van der Waals surface area contributed by atoms with E-state index in [1.54, 1.807) is 12.1 Å². The van der Waals surface area contributed by atoms with Crippen molar-refractivity contribution in [3.05, 3.63) is 24.3 Å². The molecule has 1 aliphatic heterocycles. The van der Waals surface area contributed by atoms with Gasteiger partial charge in [0, 0.05) is 31.4 Å². The smallest absolute Gasteiger partial charge is 0.387 e. The minimum absolute atomic E-state index is 0.0636. The number of ether oxygens (including phenoxy) is 2. The third kappa shape index (κ3) is 5.67. The van der Waals surface area contributed by atoms with Crippen LogP contribution in [0.2, 0.25) is 0 Å². The highest BCUT2D eigenvalue weighted by atomic mass is 19.3. The molecule has 1 amide bonds. The first-order valence-electron chi connectivity index (χ1n) is 7.75. The summed E-state index contributed by atoms with van der Waals surface area (Å²) in [5.74, 6) is 0.0294. The molecule has 0 aliphatic carbocycles. The van der Waals surface area contributed by atoms with Gasteiger partial charge in [-0.3, -0.25) is 4.79 Å². The summed E-state index contributed by atoms with van der Waals surface area (Å²) < 4.78 is 33.7. The van der Waals surface area contributed by atoms with Gasteiger partial charge < -0.3 is 19.7 Å². The van der Waals surface area contributed by atoms with E-state index in [0.717, 1.165) is 25.1 Å². The summed E-state index contributed by atoms with van der Waals surface area (Å²) in [6.45, 7) is 1.17. The van der Waals surface area contributed by atoms with E-state index in [9.17, 15) is 13.6 Å². The Labute approximate surface area is 134 Å². The van der Waals surface area contributed by atoms with Gasteiger partial charge in [0.25, 0.3) is 0 Å². The number of carbonyl (C=O) groups is 1. The molecule has 0 saturated carbocycles. The molecule has 1 aromatic carbocycles. The number of carbonyl (C=O) groups excluding carboxylic acids is 1. The van der Waals surface area contributed by atoms with E-state index in [2.05, 4.69) is 15.0 Å². The number of amides is 1. The van der Waals surface area contributed by atoms with Crippen molar-refractivity contribution >= 4 is 11.6 Å². The van der Waals surface area contributed by atoms with Gasteiger partial charge in [-0.15, -0.1) is 0 Å². The van der Waals surface area contributed by atoms with Crippen molar-refractivity contribution in [1.82, 2.24) is 5.32 Å². The number of anilines is 1. The summed E-state index contributed by atoms with van der Waals surface area (Å²) in [7, 11) is 0. The summed E-state index contributed by atoms with van der Waals surface area (Å²) in [6.07, 6.45) is 1.87. The van der Waals surface area contributed by atoms with Crippen molar-refractivity contribution < 1.29 is 23.0 Å². The number of piperidine rings is 1. The third-order valence-corrected chi connectivity index (χ3v) is 3.65. The molecule has 2 rings (SSSR count). The third-order valence-electron chi connectivity index (χ3n) is 3.65. The lowest BCUT2D eigenvalue weighted by Gasteiger charge is -2.34. The van der Waals surface area contributed by atoms with Crippen LogP contribution in [-0.4, -0.2) is 44.9 Å². The van der Waals surface area contributed by atoms with Crippen LogP contribution in [0.3, 0.4) is 0 Å². The van der Waals surface area contributed by atoms with Crippen molar-refractivity contribution in [2.45, 2.75) is 32.4 Å². The van der Waals surface area contributed by atoms with Gasteiger partial charge in [-0.2, -0.15) is 8.78 Å². The molecule has 23 heavy (non-hydrogen) atoms. The Bertz CT molecular complexity index is 497. The van der Waals surface area contributed by atoms with Gasteiger partial charge in [0.1, 0.15) is 12.4 Å². The van der Waals surface area contributed by atoms with Gasteiger partial charge >= 0.3 is 6.61 Å². The fourth-order valence-electron chi connectivity index (χ4n) is 2.63. The van der Waals surface area contributed by atoms with Crippen LogP contribution >= 0.6 is 0 Å². The Morgan fingerprint density at radius 1 is 1.39 bits per heavy atom. The normalized spacial score (nSPS) is 18.1. The molecule has 1 atom stereocenters. The van der Waals surface area contributed by atoms with Gasteiger partial charge in [0.2, 0.25) is 5.91 Å². The molecule has 1 N–H and O–H groups in total. The Hall–Kier alpha value is -1.89. The maximum absolute atomic E-state index is 12.2. The average Bonchev–Trinajstić information content (AvgIpc) is 2.53. The van der Waals surface area contributed by atoms with Gasteiger partial charge in [-0.05, 0) is 44.0 Å². The van der Waals surface area contributed by atoms with Gasteiger partial charge in [-0.1, -0.05) is 0 Å². The van der Waals surface area contributed by atoms with E-state index in [0.29, 0.717) is 13.2 Å². The van der Waals surface area contributed by atoms with E-state index < -0.39 is 6.61 Å². The van der Waals surface area contributed by atoms with Crippen molar-refractivity contribution in [1.29, 1.82) is 0 Å². The molecule has 1 aromatic rings. The van der Waals surface area contributed by atoms with Crippen LogP contribution < -0.4 is 15.0 Å². The molecular weight excluding hydrogens is 306 g/mol. The molecule has 1 heterocycles. The monoisotopic (exact) mass is 328 g/mol. The van der Waals surface area contributed by atoms with E-state index in [1.807, 2.05) is 6.92 Å². The SMILES string of the molecule is CCOCC(=O)N[C@@H]1CCCN(c2ccc(OC(F)F)cc2)C1. The molecule has 1 fully saturated rings. The van der Waals surface area contributed by atoms with Crippen molar-refractivity contribution in [3.8, 4) is 5.75 Å². The summed E-state index contributed by atoms with van der Waals surface area (Å²) in [5.41, 5.74) is 0.926. The molecule has 7 heteroatoms. The average molecular weight is 328 g/mol. The first-order valence-corrected chi connectivity index (χ1v) is 7.75. The van der Waals surface area contributed by atoms with Crippen molar-refractivity contribution in [2.75, 3.05) is 31.2 Å². The lowest BCUT2D eigenvalue weighted by Crippen LogP contribution is -2.48. The molecule has 1 saturated heterocycles. The van der Waals surface area contributed by atoms with Crippen molar-refractivity contribution in [2.24, 2.45) is 0 Å². The van der Waals surface area contributed by atoms with E-state index in [-0.39, 0.29) is 24.3 Å². The quantitative estimate of drug-likeness (QED) is 0.835. The van der Waals surface area contributed by atoms with Crippen LogP contribution in [0.25, 0.3) is 0 Å². The number of nitrogens with zero attached hydrogens (tertiary/aromatic N) is 1. The maximum Gasteiger partial charge on any atom is 0.387 e. The summed E-state index contributed by atoms with van der Waals surface area (Å²) >= 11 is 0. The Balaban J connectivity index is 1.89. The molecule has 1 aliphatic rings. The molecule has 0 unspecified atom stereocenters. The molecular formula is C16H22F2N2O3. The van der Waals surface area contributed by atoms with Crippen LogP contribution in [0.4, 0.5) is 14.5 Å². The highest BCUT2D eigenvalue weighted by Gasteiger charge is 2.21. The number of rotatable bonds is 7. The molecule has 128 valence electrons. The predicted molar refractivity (Wildman–Crippen MR) is 82.9 cm³/mol. The Morgan fingerprint density at radius 3 is 2.78 bits per heavy atom. The minimum Gasteiger partial charge on any atom is -0.435 e. The fraction of sp³-hybridized carbons (Fsp3) is 0.562. The van der Waals surface area contributed by atoms with Crippen LogP contribution in [0.5, 0.6) is 5.75 Å². The van der Waals surface area contributed by atoms with Crippen molar-refractivity contribution in [3.63, 3.8) is 0 Å². The van der Waals surface area contributed by atoms with Gasteiger partial charge in [0.15, 0.2) is 0 Å². The molecule has 0 spiro atoms. The lowest BCUT2D eigenvalue weighted by atomic mass is 10.0. The first-order chi connectivity index (χ1) is 11.1. The fourth-order valence-corrected chi connectivity index (χ4v) is 2.63. The van der Waals surface area contributed by atoms with Gasteiger partial charge in [-0.25, -0.2) is 0 Å². The zero-order valence-electron chi connectivity index (χ0n) is 13.1. The zero-order chi connectivity index (χ0) is 16.7. The standard InChI is InChI=1S/C16H22F2N2O3/c1-2-22-11-15(21)19-12-4-3-9-20(10-12)13-5-7-14(8-6-13)23-16(17)18/h5-8,12,16H,2-4,9-11H2,1H3,(H,19,21)/t12-/m1/s1. The minimum atomic E-state index is -2.82. The number of halogens is 2. The van der Waals surface area contributed by atoms with Gasteiger partial charge in [0.05, 0.1) is 0 Å². The first kappa shape index (κ1) is 17.5. The number of hydrogen-bond acceptors (Lipinski definition) is 4. The molecule has 5 nitrogen and oxygen atoms in total. The predicted octanol–water partition coefficient (Wildman–Crippen LogP) is 2.41. The highest BCUT2D eigenvalue weighted by Crippen LogP contribution is 2.23. The van der Waals surface area contributed by atoms with E-state index >= 15 is 0 Å². The highest BCUT2D eigenvalue weighted by molar-refractivity contribution is 5.77. The van der Waals surface area contributed by atoms with Crippen LogP contribution in [0, 0.1) is 0 Å².